The first kappa shape index (κ1) is 17.4. The molecule has 136 valence electrons. The third kappa shape index (κ3) is 2.97. The van der Waals surface area contributed by atoms with E-state index in [4.69, 9.17) is 0 Å². The summed E-state index contributed by atoms with van der Waals surface area (Å²) in [6.07, 6.45) is 9.42. The van der Waals surface area contributed by atoms with Gasteiger partial charge in [0.25, 0.3) is 0 Å². The van der Waals surface area contributed by atoms with Crippen molar-refractivity contribution in [1.82, 2.24) is 29.4 Å². The quantitative estimate of drug-likeness (QED) is 0.646. The van der Waals surface area contributed by atoms with E-state index in [-0.39, 0.29) is 0 Å². The molecule has 0 spiro atoms. The van der Waals surface area contributed by atoms with Crippen LogP contribution in [0.1, 0.15) is 19.8 Å². The van der Waals surface area contributed by atoms with Gasteiger partial charge in [-0.25, -0.2) is 9.97 Å². The average molecular weight is 417 g/mol. The largest absolute Gasteiger partial charge is 0.350 e. The van der Waals surface area contributed by atoms with Crippen LogP contribution in [0.2, 0.25) is 0 Å². The summed E-state index contributed by atoms with van der Waals surface area (Å²) in [7, 11) is 2.26. The van der Waals surface area contributed by atoms with Crippen LogP contribution >= 0.6 is 15.9 Å². The minimum Gasteiger partial charge on any atom is -0.350 e. The third-order valence-electron chi connectivity index (χ3n) is 5.35. The molecule has 1 fully saturated rings. The Hall–Kier alpha value is -2.06. The average Bonchev–Trinajstić information content (AvgIpc) is 3.32. The third-order valence-corrected chi connectivity index (χ3v) is 5.76. The van der Waals surface area contributed by atoms with Gasteiger partial charge in [0.1, 0.15) is 23.8 Å². The Labute approximate surface area is 161 Å². The topological polar surface area (TPSA) is 70.6 Å². The first-order valence-corrected chi connectivity index (χ1v) is 9.77. The van der Waals surface area contributed by atoms with Crippen molar-refractivity contribution in [2.45, 2.75) is 25.8 Å². The van der Waals surface area contributed by atoms with Crippen LogP contribution in [-0.2, 0) is 0 Å². The summed E-state index contributed by atoms with van der Waals surface area (Å²) in [5.41, 5.74) is 0.889. The molecule has 26 heavy (non-hydrogen) atoms. The number of aromatic nitrogens is 5. The van der Waals surface area contributed by atoms with Crippen LogP contribution in [0.4, 0.5) is 11.8 Å². The maximum Gasteiger partial charge on any atom is 0.328 e. The predicted molar refractivity (Wildman–Crippen MR) is 107 cm³/mol. The van der Waals surface area contributed by atoms with E-state index >= 15 is 0 Å². The molecule has 7 nitrogen and oxygen atoms in total. The Morgan fingerprint density at radius 3 is 2.85 bits per heavy atom. The molecular formula is C18H23BrN7+. The lowest BCUT2D eigenvalue weighted by Crippen LogP contribution is -2.56. The van der Waals surface area contributed by atoms with Crippen molar-refractivity contribution in [3.63, 3.8) is 0 Å². The van der Waals surface area contributed by atoms with Crippen molar-refractivity contribution in [3.8, 4) is 0 Å². The number of aromatic amines is 1. The van der Waals surface area contributed by atoms with Crippen LogP contribution in [0.15, 0.2) is 35.5 Å². The van der Waals surface area contributed by atoms with Gasteiger partial charge in [-0.2, -0.15) is 9.97 Å². The summed E-state index contributed by atoms with van der Waals surface area (Å²) in [5, 5.41) is 1.08. The van der Waals surface area contributed by atoms with Crippen molar-refractivity contribution < 1.29 is 0 Å². The molecule has 0 aromatic carbocycles. The number of H-pyrrole nitrogens is 1. The van der Waals surface area contributed by atoms with Crippen LogP contribution in [0.25, 0.3) is 11.0 Å². The van der Waals surface area contributed by atoms with Gasteiger partial charge in [-0.05, 0) is 28.4 Å². The molecule has 0 bridgehead atoms. The zero-order valence-electron chi connectivity index (χ0n) is 15.1. The second-order valence-electron chi connectivity index (χ2n) is 7.02. The minimum absolute atomic E-state index is 0.431. The van der Waals surface area contributed by atoms with Crippen molar-refractivity contribution in [3.05, 3.63) is 35.5 Å². The van der Waals surface area contributed by atoms with Crippen LogP contribution in [0, 0.1) is 0 Å². The molecule has 1 N–H and O–H groups in total. The van der Waals surface area contributed by atoms with Gasteiger partial charge >= 0.3 is 5.95 Å². The number of hydrogen-bond acceptors (Lipinski definition) is 5. The zero-order chi connectivity index (χ0) is 18.1. The smallest absolute Gasteiger partial charge is 0.328 e. The van der Waals surface area contributed by atoms with Gasteiger partial charge in [-0.1, -0.05) is 6.92 Å². The lowest BCUT2D eigenvalue weighted by atomic mass is 10.1. The van der Waals surface area contributed by atoms with Crippen LogP contribution in [0.3, 0.4) is 0 Å². The molecule has 2 atom stereocenters. The lowest BCUT2D eigenvalue weighted by molar-refractivity contribution is 0.244. The van der Waals surface area contributed by atoms with Crippen molar-refractivity contribution in [2.75, 3.05) is 31.6 Å². The molecule has 0 amide bonds. The van der Waals surface area contributed by atoms with E-state index in [1.807, 2.05) is 18.6 Å². The molecule has 1 aliphatic rings. The molecule has 1 aliphatic heterocycles. The number of nitrogens with one attached hydrogen (secondary N) is 1. The van der Waals surface area contributed by atoms with Gasteiger partial charge < -0.3 is 9.88 Å². The van der Waals surface area contributed by atoms with E-state index < -0.39 is 0 Å². The zero-order valence-corrected chi connectivity index (χ0v) is 16.6. The summed E-state index contributed by atoms with van der Waals surface area (Å²) in [4.78, 5) is 23.6. The molecule has 2 unspecified atom stereocenters. The monoisotopic (exact) mass is 416 g/mol. The Kier molecular flexibility index (Phi) is 4.62. The number of rotatable bonds is 5. The highest BCUT2D eigenvalue weighted by Gasteiger charge is 2.42. The van der Waals surface area contributed by atoms with E-state index in [0.717, 1.165) is 64.2 Å². The second kappa shape index (κ2) is 6.92. The number of anilines is 1. The highest BCUT2D eigenvalue weighted by Crippen LogP contribution is 2.31. The van der Waals surface area contributed by atoms with E-state index in [1.54, 1.807) is 6.33 Å². The molecule has 1 saturated heterocycles. The summed E-state index contributed by atoms with van der Waals surface area (Å²) < 4.78 is 1.66. The van der Waals surface area contributed by atoms with Crippen LogP contribution in [-0.4, -0.2) is 57.6 Å². The SMILES string of the molecule is CCC[N+](C)(c1ncc(Br)cn1)C1CCN(c2ncnc3[nH]ccc23)C1. The second-order valence-corrected chi connectivity index (χ2v) is 7.93. The van der Waals surface area contributed by atoms with Gasteiger partial charge in [-0.3, -0.25) is 4.48 Å². The summed E-state index contributed by atoms with van der Waals surface area (Å²) in [6.45, 7) is 5.16. The van der Waals surface area contributed by atoms with Crippen molar-refractivity contribution in [2.24, 2.45) is 0 Å². The fourth-order valence-corrected chi connectivity index (χ4v) is 4.19. The molecule has 4 heterocycles. The molecule has 8 heteroatoms. The number of quaternary nitrogens is 1. The Morgan fingerprint density at radius 2 is 2.08 bits per heavy atom. The van der Waals surface area contributed by atoms with Crippen molar-refractivity contribution in [1.29, 1.82) is 0 Å². The summed E-state index contributed by atoms with van der Waals surface area (Å²) in [6, 6.07) is 2.48. The lowest BCUT2D eigenvalue weighted by Gasteiger charge is -2.36. The number of likely N-dealkylation sites (N-methyl/N-ethyl adjacent to an activating group) is 1. The van der Waals surface area contributed by atoms with Crippen molar-refractivity contribution >= 4 is 38.7 Å². The number of nitrogens with zero attached hydrogens (tertiary/aromatic N) is 6. The van der Waals surface area contributed by atoms with E-state index in [0.29, 0.717) is 6.04 Å². The Morgan fingerprint density at radius 1 is 1.27 bits per heavy atom. The fourth-order valence-electron chi connectivity index (χ4n) is 3.99. The predicted octanol–water partition coefficient (Wildman–Crippen LogP) is 3.14. The minimum atomic E-state index is 0.431. The molecule has 0 aliphatic carbocycles. The molecular weight excluding hydrogens is 394 g/mol. The highest BCUT2D eigenvalue weighted by atomic mass is 79.9. The molecule has 3 aromatic heterocycles. The molecule has 0 saturated carbocycles. The van der Waals surface area contributed by atoms with E-state index in [9.17, 15) is 0 Å². The maximum atomic E-state index is 4.62. The van der Waals surface area contributed by atoms with Gasteiger partial charge in [0, 0.05) is 19.2 Å². The van der Waals surface area contributed by atoms with Gasteiger partial charge in [0.15, 0.2) is 0 Å². The van der Waals surface area contributed by atoms with Gasteiger partial charge in [0.2, 0.25) is 0 Å². The Bertz CT molecular complexity index is 894. The summed E-state index contributed by atoms with van der Waals surface area (Å²) >= 11 is 3.44. The van der Waals surface area contributed by atoms with E-state index in [1.165, 1.54) is 0 Å². The standard InChI is InChI=1S/C18H23BrN7/c1-3-8-26(2,18-21-9-13(19)10-22-18)14-5-7-25(11-14)17-15-4-6-20-16(15)23-12-24-17/h4,6,9-10,12,14H,3,5,7-8,11H2,1-2H3,(H,20,23,24)/q+1. The number of fused-ring (bicyclic) bond motifs is 1. The highest BCUT2D eigenvalue weighted by molar-refractivity contribution is 9.10. The normalized spacial score (nSPS) is 19.8. The Balaban J connectivity index is 1.63. The molecule has 4 rings (SSSR count). The van der Waals surface area contributed by atoms with Gasteiger partial charge in [-0.15, -0.1) is 0 Å². The number of halogens is 1. The van der Waals surface area contributed by atoms with Crippen LogP contribution in [0.5, 0.6) is 0 Å². The number of hydrogen-bond donors (Lipinski definition) is 1. The van der Waals surface area contributed by atoms with E-state index in [2.05, 4.69) is 65.8 Å². The molecule has 3 aromatic rings. The first-order chi connectivity index (χ1) is 12.6. The van der Waals surface area contributed by atoms with Crippen LogP contribution < -0.4 is 9.38 Å². The first-order valence-electron chi connectivity index (χ1n) is 8.98. The van der Waals surface area contributed by atoms with Gasteiger partial charge in [0.05, 0.1) is 42.4 Å². The summed E-state index contributed by atoms with van der Waals surface area (Å²) in [5.74, 6) is 1.90. The maximum absolute atomic E-state index is 4.62. The molecule has 0 radical (unpaired) electrons. The fraction of sp³-hybridized carbons (Fsp3) is 0.444.